The van der Waals surface area contributed by atoms with Crippen molar-refractivity contribution >= 4 is 39.3 Å². The smallest absolute Gasteiger partial charge is 0.316 e. The Labute approximate surface area is 136 Å². The number of carbonyl (C=O) groups is 1. The Morgan fingerprint density at radius 3 is 2.68 bits per heavy atom. The lowest BCUT2D eigenvalue weighted by Gasteiger charge is -2.06. The molecule has 2 heterocycles. The minimum atomic E-state index is -0.840. The number of thiophene rings is 1. The van der Waals surface area contributed by atoms with E-state index in [0.29, 0.717) is 5.82 Å². The van der Waals surface area contributed by atoms with Gasteiger partial charge in [-0.2, -0.15) is 0 Å². The van der Waals surface area contributed by atoms with E-state index in [1.807, 2.05) is 31.2 Å². The number of hydrogen-bond donors (Lipinski definition) is 1. The van der Waals surface area contributed by atoms with Gasteiger partial charge in [-0.3, -0.25) is 4.79 Å². The van der Waals surface area contributed by atoms with E-state index < -0.39 is 11.2 Å². The van der Waals surface area contributed by atoms with Crippen LogP contribution in [0.1, 0.15) is 12.7 Å². The van der Waals surface area contributed by atoms with Crippen molar-refractivity contribution in [3.05, 3.63) is 42.2 Å². The predicted molar refractivity (Wildman–Crippen MR) is 90.5 cm³/mol. The molecule has 3 rings (SSSR count). The van der Waals surface area contributed by atoms with Gasteiger partial charge in [-0.1, -0.05) is 42.1 Å². The summed E-state index contributed by atoms with van der Waals surface area (Å²) in [7, 11) is 0. The zero-order valence-electron chi connectivity index (χ0n) is 12.1. The Balaban J connectivity index is 2.09. The van der Waals surface area contributed by atoms with E-state index in [1.54, 1.807) is 18.3 Å². The molecular weight excluding hydrogens is 316 g/mol. The second-order valence-electron chi connectivity index (χ2n) is 4.87. The molecule has 1 unspecified atom stereocenters. The maximum absolute atomic E-state index is 11.1. The van der Waals surface area contributed by atoms with Crippen LogP contribution >= 0.6 is 23.1 Å². The van der Waals surface area contributed by atoms with Gasteiger partial charge in [0, 0.05) is 10.3 Å². The fourth-order valence-electron chi connectivity index (χ4n) is 2.05. The first-order chi connectivity index (χ1) is 10.5. The van der Waals surface area contributed by atoms with Gasteiger partial charge in [-0.25, -0.2) is 9.97 Å². The molecule has 112 valence electrons. The first kappa shape index (κ1) is 15.0. The van der Waals surface area contributed by atoms with E-state index in [9.17, 15) is 4.79 Å². The van der Waals surface area contributed by atoms with E-state index in [0.717, 1.165) is 25.7 Å². The van der Waals surface area contributed by atoms with Crippen LogP contribution in [-0.4, -0.2) is 26.3 Å². The van der Waals surface area contributed by atoms with Gasteiger partial charge in [0.15, 0.2) is 0 Å². The Hall–Kier alpha value is -1.92. The highest BCUT2D eigenvalue weighted by Crippen LogP contribution is 2.37. The first-order valence-electron chi connectivity index (χ1n) is 6.77. The summed E-state index contributed by atoms with van der Waals surface area (Å²) in [5.41, 5.74) is 1.13. The van der Waals surface area contributed by atoms with Gasteiger partial charge in [-0.05, 0) is 25.5 Å². The summed E-state index contributed by atoms with van der Waals surface area (Å²) < 4.78 is 0. The van der Waals surface area contributed by atoms with Crippen LogP contribution in [-0.2, 0) is 4.79 Å². The minimum absolute atomic E-state index is 0.544. The van der Waals surface area contributed by atoms with Crippen molar-refractivity contribution in [1.82, 2.24) is 9.97 Å². The van der Waals surface area contributed by atoms with E-state index in [-0.39, 0.29) is 0 Å². The Bertz CT molecular complexity index is 831. The third-order valence-corrected chi connectivity index (χ3v) is 5.33. The van der Waals surface area contributed by atoms with E-state index in [1.165, 1.54) is 11.8 Å². The summed E-state index contributed by atoms with van der Waals surface area (Å²) in [4.78, 5) is 22.0. The van der Waals surface area contributed by atoms with Crippen LogP contribution in [0.25, 0.3) is 20.7 Å². The lowest BCUT2D eigenvalue weighted by molar-refractivity contribution is -0.136. The molecule has 6 heteroatoms. The molecule has 0 radical (unpaired) electrons. The van der Waals surface area contributed by atoms with Crippen LogP contribution < -0.4 is 0 Å². The van der Waals surface area contributed by atoms with Crippen molar-refractivity contribution in [2.75, 3.05) is 0 Å². The number of hydrogen-bond acceptors (Lipinski definition) is 5. The third-order valence-electron chi connectivity index (χ3n) is 3.16. The number of aromatic nitrogens is 2. The first-order valence-corrected chi connectivity index (χ1v) is 8.47. The van der Waals surface area contributed by atoms with Gasteiger partial charge in [0.05, 0.1) is 0 Å². The topological polar surface area (TPSA) is 63.1 Å². The normalized spacial score (nSPS) is 12.5. The quantitative estimate of drug-likeness (QED) is 0.573. The van der Waals surface area contributed by atoms with Crippen LogP contribution in [0, 0.1) is 6.92 Å². The molecule has 0 saturated carbocycles. The third kappa shape index (κ3) is 2.98. The largest absolute Gasteiger partial charge is 0.480 e. The molecule has 1 aromatic carbocycles. The second-order valence-corrected chi connectivity index (χ2v) is 7.23. The number of thioether (sulfide) groups is 1. The average Bonchev–Trinajstić information content (AvgIpc) is 2.92. The summed E-state index contributed by atoms with van der Waals surface area (Å²) in [5, 5.41) is 10.2. The molecule has 0 aliphatic heterocycles. The highest BCUT2D eigenvalue weighted by molar-refractivity contribution is 8.00. The summed E-state index contributed by atoms with van der Waals surface area (Å²) in [6, 6.07) is 12.1. The molecule has 0 bridgehead atoms. The van der Waals surface area contributed by atoms with Gasteiger partial charge in [-0.15, -0.1) is 11.3 Å². The summed E-state index contributed by atoms with van der Waals surface area (Å²) in [6.45, 7) is 3.50. The molecule has 0 fully saturated rings. The Kier molecular flexibility index (Phi) is 4.13. The second kappa shape index (κ2) is 6.06. The maximum atomic E-state index is 11.1. The van der Waals surface area contributed by atoms with Gasteiger partial charge in [0.1, 0.15) is 20.9 Å². The minimum Gasteiger partial charge on any atom is -0.480 e. The molecule has 1 N–H and O–H groups in total. The fraction of sp³-hybridized carbons (Fsp3) is 0.188. The number of fused-ring (bicyclic) bond motifs is 1. The van der Waals surface area contributed by atoms with Crippen molar-refractivity contribution in [3.8, 4) is 10.4 Å². The number of nitrogens with zero attached hydrogens (tertiary/aromatic N) is 2. The van der Waals surface area contributed by atoms with Crippen molar-refractivity contribution in [1.29, 1.82) is 0 Å². The van der Waals surface area contributed by atoms with Crippen molar-refractivity contribution < 1.29 is 9.90 Å². The highest BCUT2D eigenvalue weighted by Gasteiger charge is 2.18. The number of aryl methyl sites for hydroxylation is 1. The van der Waals surface area contributed by atoms with Gasteiger partial charge < -0.3 is 5.11 Å². The molecule has 0 saturated heterocycles. The molecule has 0 spiro atoms. The molecule has 4 nitrogen and oxygen atoms in total. The lowest BCUT2D eigenvalue weighted by atomic mass is 10.2. The average molecular weight is 330 g/mol. The predicted octanol–water partition coefficient (Wildman–Crippen LogP) is 4.23. The SMILES string of the molecule is Cc1nc(SC(C)C(=O)O)c2cc(-c3ccccc3)sc2n1. The van der Waals surface area contributed by atoms with Gasteiger partial charge >= 0.3 is 5.97 Å². The molecule has 0 aliphatic rings. The van der Waals surface area contributed by atoms with Crippen molar-refractivity contribution in [2.24, 2.45) is 0 Å². The number of benzene rings is 1. The number of carboxylic acid groups (broad SMARTS) is 1. The number of carboxylic acids is 1. The highest BCUT2D eigenvalue weighted by atomic mass is 32.2. The molecular formula is C16H14N2O2S2. The van der Waals surface area contributed by atoms with Crippen LogP contribution in [0.4, 0.5) is 0 Å². The summed E-state index contributed by atoms with van der Waals surface area (Å²) >= 11 is 2.86. The molecule has 3 aromatic rings. The van der Waals surface area contributed by atoms with Crippen LogP contribution in [0.3, 0.4) is 0 Å². The number of rotatable bonds is 4. The van der Waals surface area contributed by atoms with E-state index in [4.69, 9.17) is 5.11 Å². The van der Waals surface area contributed by atoms with Gasteiger partial charge in [0.25, 0.3) is 0 Å². The van der Waals surface area contributed by atoms with Crippen LogP contribution in [0.5, 0.6) is 0 Å². The van der Waals surface area contributed by atoms with Crippen molar-refractivity contribution in [2.45, 2.75) is 24.1 Å². The molecule has 22 heavy (non-hydrogen) atoms. The Morgan fingerprint density at radius 2 is 2.00 bits per heavy atom. The summed E-state index contributed by atoms with van der Waals surface area (Å²) in [5.74, 6) is -0.179. The lowest BCUT2D eigenvalue weighted by Crippen LogP contribution is -2.11. The summed E-state index contributed by atoms with van der Waals surface area (Å²) in [6.07, 6.45) is 0. The maximum Gasteiger partial charge on any atom is 0.316 e. The number of aliphatic carboxylic acids is 1. The standard InChI is InChI=1S/C16H14N2O2S2/c1-9(16(19)20)21-14-12-8-13(11-6-4-3-5-7-11)22-15(12)18-10(2)17-14/h3-9H,1-2H3,(H,19,20). The van der Waals surface area contributed by atoms with Crippen LogP contribution in [0.15, 0.2) is 41.4 Å². The van der Waals surface area contributed by atoms with E-state index >= 15 is 0 Å². The van der Waals surface area contributed by atoms with E-state index in [2.05, 4.69) is 22.1 Å². The zero-order chi connectivity index (χ0) is 15.7. The molecule has 1 atom stereocenters. The fourth-order valence-corrected chi connectivity index (χ4v) is 4.10. The van der Waals surface area contributed by atoms with Gasteiger partial charge in [0.2, 0.25) is 0 Å². The van der Waals surface area contributed by atoms with Crippen molar-refractivity contribution in [3.63, 3.8) is 0 Å². The Morgan fingerprint density at radius 1 is 1.27 bits per heavy atom. The molecule has 0 amide bonds. The molecule has 0 aliphatic carbocycles. The van der Waals surface area contributed by atoms with Crippen LogP contribution in [0.2, 0.25) is 0 Å². The molecule has 2 aromatic heterocycles. The zero-order valence-corrected chi connectivity index (χ0v) is 13.7. The monoisotopic (exact) mass is 330 g/mol.